The van der Waals surface area contributed by atoms with Crippen LogP contribution in [0.25, 0.3) is 0 Å². The van der Waals surface area contributed by atoms with E-state index in [0.717, 1.165) is 0 Å². The number of nitrogens with two attached hydrogens (primary N) is 1. The maximum atomic E-state index is 8.53. The van der Waals surface area contributed by atoms with Crippen LogP contribution in [0, 0.1) is 0 Å². The number of hydrogen-bond donors (Lipinski definition) is 3. The molecular formula is C7H10N4O3. The van der Waals surface area contributed by atoms with Crippen molar-refractivity contribution in [3.63, 3.8) is 0 Å². The Morgan fingerprint density at radius 3 is 2.86 bits per heavy atom. The molecule has 7 nitrogen and oxygen atoms in total. The molecule has 0 fully saturated rings. The highest BCUT2D eigenvalue weighted by Gasteiger charge is 2.10. The molecule has 0 saturated carbocycles. The van der Waals surface area contributed by atoms with E-state index < -0.39 is 0 Å². The van der Waals surface area contributed by atoms with Crippen molar-refractivity contribution in [2.45, 2.75) is 0 Å². The predicted molar refractivity (Wildman–Crippen MR) is 47.1 cm³/mol. The maximum absolute atomic E-state index is 8.53. The molecule has 14 heavy (non-hydrogen) atoms. The molecule has 0 saturated heterocycles. The van der Waals surface area contributed by atoms with Crippen molar-refractivity contribution >= 4 is 5.84 Å². The standard InChI is InChI=1S/C7H10N4O3/c8-6(11-13)5-7(14-4-3-12)10-2-1-9-5/h1-2,12-13H,3-4H2,(H2,8,11). The van der Waals surface area contributed by atoms with Gasteiger partial charge in [0.15, 0.2) is 11.5 Å². The van der Waals surface area contributed by atoms with E-state index in [2.05, 4.69) is 15.1 Å². The van der Waals surface area contributed by atoms with Crippen molar-refractivity contribution in [1.82, 2.24) is 9.97 Å². The van der Waals surface area contributed by atoms with Crippen molar-refractivity contribution in [2.75, 3.05) is 13.2 Å². The number of hydrogen-bond acceptors (Lipinski definition) is 6. The lowest BCUT2D eigenvalue weighted by Crippen LogP contribution is -2.18. The first kappa shape index (κ1) is 10.2. The molecule has 0 aliphatic rings. The summed E-state index contributed by atoms with van der Waals surface area (Å²) in [6.07, 6.45) is 2.79. The fourth-order valence-corrected chi connectivity index (χ4v) is 0.796. The summed E-state index contributed by atoms with van der Waals surface area (Å²) in [4.78, 5) is 7.63. The van der Waals surface area contributed by atoms with Crippen LogP contribution in [0.15, 0.2) is 17.5 Å². The van der Waals surface area contributed by atoms with Crippen molar-refractivity contribution in [2.24, 2.45) is 10.9 Å². The predicted octanol–water partition coefficient (Wildman–Crippen LogP) is -1.06. The van der Waals surface area contributed by atoms with Gasteiger partial charge in [-0.3, -0.25) is 0 Å². The Morgan fingerprint density at radius 1 is 1.50 bits per heavy atom. The molecule has 7 heteroatoms. The van der Waals surface area contributed by atoms with Gasteiger partial charge in [-0.05, 0) is 0 Å². The summed E-state index contributed by atoms with van der Waals surface area (Å²) in [5.41, 5.74) is 5.46. The summed E-state index contributed by atoms with van der Waals surface area (Å²) in [5, 5.41) is 19.7. The summed E-state index contributed by atoms with van der Waals surface area (Å²) in [6.45, 7) is -0.0728. The lowest BCUT2D eigenvalue weighted by Gasteiger charge is -2.05. The molecule has 1 rings (SSSR count). The SMILES string of the molecule is NC(=NO)c1nccnc1OCCO. The van der Waals surface area contributed by atoms with Gasteiger partial charge in [-0.15, -0.1) is 0 Å². The van der Waals surface area contributed by atoms with E-state index in [0.29, 0.717) is 0 Å². The molecule has 0 aliphatic carbocycles. The summed E-state index contributed by atoms with van der Waals surface area (Å²) in [5.74, 6) is -0.0668. The number of oxime groups is 1. The molecule has 0 spiro atoms. The van der Waals surface area contributed by atoms with Gasteiger partial charge in [-0.25, -0.2) is 9.97 Å². The average molecular weight is 198 g/mol. The molecule has 1 aromatic heterocycles. The number of rotatable bonds is 4. The van der Waals surface area contributed by atoms with Gasteiger partial charge in [0.05, 0.1) is 6.61 Å². The summed E-state index contributed by atoms with van der Waals surface area (Å²) in [7, 11) is 0. The lowest BCUT2D eigenvalue weighted by molar-refractivity contribution is 0.196. The third-order valence-corrected chi connectivity index (χ3v) is 1.35. The van der Waals surface area contributed by atoms with E-state index in [1.165, 1.54) is 12.4 Å². The number of aromatic nitrogens is 2. The Hall–Kier alpha value is -1.89. The van der Waals surface area contributed by atoms with Gasteiger partial charge in [0.25, 0.3) is 0 Å². The second-order valence-corrected chi connectivity index (χ2v) is 2.27. The van der Waals surface area contributed by atoms with Gasteiger partial charge in [-0.1, -0.05) is 5.16 Å². The van der Waals surface area contributed by atoms with E-state index in [9.17, 15) is 0 Å². The average Bonchev–Trinajstić information content (AvgIpc) is 2.25. The van der Waals surface area contributed by atoms with Crippen molar-refractivity contribution in [3.05, 3.63) is 18.1 Å². The van der Waals surface area contributed by atoms with Crippen LogP contribution in [0.5, 0.6) is 5.88 Å². The van der Waals surface area contributed by atoms with Crippen molar-refractivity contribution in [1.29, 1.82) is 0 Å². The number of aliphatic hydroxyl groups is 1. The number of ether oxygens (including phenoxy) is 1. The second-order valence-electron chi connectivity index (χ2n) is 2.27. The fourth-order valence-electron chi connectivity index (χ4n) is 0.796. The molecule has 0 aliphatic heterocycles. The third kappa shape index (κ3) is 2.30. The van der Waals surface area contributed by atoms with Crippen molar-refractivity contribution < 1.29 is 15.1 Å². The zero-order chi connectivity index (χ0) is 10.4. The molecule has 1 heterocycles. The van der Waals surface area contributed by atoms with Gasteiger partial charge in [0.2, 0.25) is 5.88 Å². The quantitative estimate of drug-likeness (QED) is 0.246. The van der Waals surface area contributed by atoms with Crippen LogP contribution in [0.1, 0.15) is 5.69 Å². The molecule has 76 valence electrons. The normalized spacial score (nSPS) is 11.4. The minimum atomic E-state index is -0.189. The van der Waals surface area contributed by atoms with Crippen molar-refractivity contribution in [3.8, 4) is 5.88 Å². The lowest BCUT2D eigenvalue weighted by atomic mass is 10.4. The second kappa shape index (κ2) is 4.97. The number of aliphatic hydroxyl groups excluding tert-OH is 1. The first-order valence-corrected chi connectivity index (χ1v) is 3.82. The van der Waals surface area contributed by atoms with Gasteiger partial charge in [0, 0.05) is 12.4 Å². The Morgan fingerprint density at radius 2 is 2.21 bits per heavy atom. The fraction of sp³-hybridized carbons (Fsp3) is 0.286. The van der Waals surface area contributed by atoms with E-state index in [1.54, 1.807) is 0 Å². The zero-order valence-electron chi connectivity index (χ0n) is 7.29. The molecule has 0 atom stereocenters. The van der Waals surface area contributed by atoms with Gasteiger partial charge >= 0.3 is 0 Å². The Bertz CT molecular complexity index is 328. The van der Waals surface area contributed by atoms with Crippen LogP contribution in [-0.4, -0.2) is 39.3 Å². The van der Waals surface area contributed by atoms with Gasteiger partial charge in [0.1, 0.15) is 6.61 Å². The minimum absolute atomic E-state index is 0.0738. The largest absolute Gasteiger partial charge is 0.474 e. The Kier molecular flexibility index (Phi) is 3.62. The maximum Gasteiger partial charge on any atom is 0.244 e. The molecular weight excluding hydrogens is 188 g/mol. The van der Waals surface area contributed by atoms with Gasteiger partial charge in [-0.2, -0.15) is 0 Å². The monoisotopic (exact) mass is 198 g/mol. The summed E-state index contributed by atoms with van der Waals surface area (Å²) < 4.78 is 5.01. The first-order valence-electron chi connectivity index (χ1n) is 3.82. The first-order chi connectivity index (χ1) is 6.79. The van der Waals surface area contributed by atoms with Crippen LogP contribution < -0.4 is 10.5 Å². The van der Waals surface area contributed by atoms with E-state index in [1.807, 2.05) is 0 Å². The topological polar surface area (TPSA) is 114 Å². The number of nitrogens with zero attached hydrogens (tertiary/aromatic N) is 3. The molecule has 0 bridgehead atoms. The summed E-state index contributed by atoms with van der Waals surface area (Å²) in [6, 6.07) is 0. The van der Waals surface area contributed by atoms with Gasteiger partial charge < -0.3 is 20.8 Å². The molecule has 0 radical (unpaired) electrons. The van der Waals surface area contributed by atoms with Crippen LogP contribution in [-0.2, 0) is 0 Å². The molecule has 0 unspecified atom stereocenters. The molecule has 4 N–H and O–H groups in total. The third-order valence-electron chi connectivity index (χ3n) is 1.35. The van der Waals surface area contributed by atoms with Crippen LogP contribution in [0.2, 0.25) is 0 Å². The van der Waals surface area contributed by atoms with Crippen LogP contribution >= 0.6 is 0 Å². The Labute approximate surface area is 79.9 Å². The zero-order valence-corrected chi connectivity index (χ0v) is 7.29. The highest BCUT2D eigenvalue weighted by Crippen LogP contribution is 2.10. The smallest absolute Gasteiger partial charge is 0.244 e. The molecule has 0 amide bonds. The van der Waals surface area contributed by atoms with E-state index >= 15 is 0 Å². The molecule has 0 aromatic carbocycles. The summed E-state index contributed by atoms with van der Waals surface area (Å²) >= 11 is 0. The molecule has 1 aromatic rings. The minimum Gasteiger partial charge on any atom is -0.474 e. The Balaban J connectivity index is 2.91. The highest BCUT2D eigenvalue weighted by molar-refractivity contribution is 5.97. The van der Waals surface area contributed by atoms with E-state index in [4.69, 9.17) is 20.8 Å². The van der Waals surface area contributed by atoms with Crippen LogP contribution in [0.4, 0.5) is 0 Å². The number of amidine groups is 1. The highest BCUT2D eigenvalue weighted by atomic mass is 16.5. The van der Waals surface area contributed by atoms with E-state index in [-0.39, 0.29) is 30.6 Å². The van der Waals surface area contributed by atoms with Crippen LogP contribution in [0.3, 0.4) is 0 Å².